The van der Waals surface area contributed by atoms with Gasteiger partial charge in [0.25, 0.3) is 0 Å². The van der Waals surface area contributed by atoms with E-state index >= 15 is 0 Å². The lowest BCUT2D eigenvalue weighted by Gasteiger charge is -2.36. The molecule has 0 spiro atoms. The monoisotopic (exact) mass is 270 g/mol. The Labute approximate surface area is 116 Å². The fourth-order valence-corrected chi connectivity index (χ4v) is 3.05. The molecule has 1 aromatic rings. The third-order valence-electron chi connectivity index (χ3n) is 3.90. The summed E-state index contributed by atoms with van der Waals surface area (Å²) in [6.07, 6.45) is 3.40. The van der Waals surface area contributed by atoms with Gasteiger partial charge in [-0.05, 0) is 12.5 Å². The summed E-state index contributed by atoms with van der Waals surface area (Å²) >= 11 is 0. The molecule has 0 radical (unpaired) electrons. The van der Waals surface area contributed by atoms with Crippen LogP contribution in [0.4, 0.5) is 0 Å². The van der Waals surface area contributed by atoms with E-state index in [1.807, 2.05) is 6.08 Å². The molecule has 102 valence electrons. The second kappa shape index (κ2) is 4.71. The second-order valence-corrected chi connectivity index (χ2v) is 5.14. The predicted octanol–water partition coefficient (Wildman–Crippen LogP) is 2.19. The van der Waals surface area contributed by atoms with Gasteiger partial charge in [0.15, 0.2) is 11.6 Å². The van der Waals surface area contributed by atoms with Gasteiger partial charge in [0, 0.05) is 24.0 Å². The minimum atomic E-state index is -0.643. The van der Waals surface area contributed by atoms with Crippen LogP contribution in [-0.2, 0) is 9.53 Å². The van der Waals surface area contributed by atoms with E-state index in [-0.39, 0.29) is 11.6 Å². The van der Waals surface area contributed by atoms with Crippen molar-refractivity contribution in [2.24, 2.45) is 11.8 Å². The molecule has 4 heteroatoms. The third kappa shape index (κ3) is 1.88. The number of esters is 1. The number of fused-ring (bicyclic) bond motifs is 2. The molecule has 2 aliphatic carbocycles. The maximum Gasteiger partial charge on any atom is 0.303 e. The summed E-state index contributed by atoms with van der Waals surface area (Å²) < 4.78 is 5.20. The summed E-state index contributed by atoms with van der Waals surface area (Å²) in [5.41, 5.74) is 0.918. The summed E-state index contributed by atoms with van der Waals surface area (Å²) in [4.78, 5) is 36.3. The van der Waals surface area contributed by atoms with Gasteiger partial charge in [-0.1, -0.05) is 30.3 Å². The van der Waals surface area contributed by atoms with E-state index in [0.717, 1.165) is 0 Å². The van der Waals surface area contributed by atoms with Gasteiger partial charge in [-0.2, -0.15) is 0 Å². The number of ketones is 2. The first-order chi connectivity index (χ1) is 9.59. The summed E-state index contributed by atoms with van der Waals surface area (Å²) in [6, 6.07) is 6.84. The lowest BCUT2D eigenvalue weighted by atomic mass is 9.68. The van der Waals surface area contributed by atoms with Crippen molar-refractivity contribution in [1.82, 2.24) is 0 Å². The molecule has 0 saturated heterocycles. The van der Waals surface area contributed by atoms with E-state index in [0.29, 0.717) is 17.5 Å². The average molecular weight is 270 g/mol. The maximum atomic E-state index is 12.6. The Bertz CT molecular complexity index is 629. The standard InChI is InChI=1S/C16H14O4/c1-9(17)20-13-8-4-7-12-14(13)16(19)11-6-3-2-5-10(11)15(12)18/h2-6,8,12-14H,7H2,1H3/t12-,13+,14-/m0/s1. The first-order valence-corrected chi connectivity index (χ1v) is 6.61. The van der Waals surface area contributed by atoms with Crippen LogP contribution in [0.15, 0.2) is 36.4 Å². The van der Waals surface area contributed by atoms with Gasteiger partial charge in [0.2, 0.25) is 0 Å². The van der Waals surface area contributed by atoms with Crippen molar-refractivity contribution < 1.29 is 19.1 Å². The van der Waals surface area contributed by atoms with Crippen LogP contribution < -0.4 is 0 Å². The van der Waals surface area contributed by atoms with Crippen LogP contribution in [0.3, 0.4) is 0 Å². The van der Waals surface area contributed by atoms with Crippen LogP contribution in [0, 0.1) is 11.8 Å². The van der Waals surface area contributed by atoms with E-state index in [9.17, 15) is 14.4 Å². The Morgan fingerprint density at radius 2 is 1.80 bits per heavy atom. The highest BCUT2D eigenvalue weighted by Gasteiger charge is 2.46. The van der Waals surface area contributed by atoms with Crippen molar-refractivity contribution >= 4 is 17.5 Å². The van der Waals surface area contributed by atoms with E-state index in [1.165, 1.54) is 6.92 Å². The molecular formula is C16H14O4. The molecule has 0 heterocycles. The lowest BCUT2D eigenvalue weighted by Crippen LogP contribution is -2.45. The number of hydrogen-bond donors (Lipinski definition) is 0. The topological polar surface area (TPSA) is 60.4 Å². The van der Waals surface area contributed by atoms with E-state index in [1.54, 1.807) is 30.3 Å². The molecule has 0 saturated carbocycles. The molecule has 20 heavy (non-hydrogen) atoms. The zero-order valence-corrected chi connectivity index (χ0v) is 11.0. The molecule has 0 fully saturated rings. The number of carbonyl (C=O) groups excluding carboxylic acids is 3. The van der Waals surface area contributed by atoms with Crippen molar-refractivity contribution in [3.8, 4) is 0 Å². The molecule has 0 aromatic heterocycles. The number of ether oxygens (including phenoxy) is 1. The summed E-state index contributed by atoms with van der Waals surface area (Å²) in [5, 5.41) is 0. The quantitative estimate of drug-likeness (QED) is 0.579. The van der Waals surface area contributed by atoms with Crippen molar-refractivity contribution in [1.29, 1.82) is 0 Å². The first kappa shape index (κ1) is 12.8. The highest BCUT2D eigenvalue weighted by atomic mass is 16.5. The molecule has 2 aliphatic rings. The van der Waals surface area contributed by atoms with E-state index in [2.05, 4.69) is 0 Å². The summed E-state index contributed by atoms with van der Waals surface area (Å²) in [6.45, 7) is 1.31. The largest absolute Gasteiger partial charge is 0.458 e. The van der Waals surface area contributed by atoms with Gasteiger partial charge < -0.3 is 4.74 Å². The normalized spacial score (nSPS) is 27.8. The van der Waals surface area contributed by atoms with Crippen LogP contribution >= 0.6 is 0 Å². The van der Waals surface area contributed by atoms with Crippen LogP contribution in [0.5, 0.6) is 0 Å². The Morgan fingerprint density at radius 3 is 2.45 bits per heavy atom. The molecule has 3 rings (SSSR count). The number of allylic oxidation sites excluding steroid dienone is 1. The molecule has 0 aliphatic heterocycles. The average Bonchev–Trinajstić information content (AvgIpc) is 2.44. The number of Topliss-reactive ketones (excluding diaryl/α,β-unsaturated/α-hetero) is 2. The van der Waals surface area contributed by atoms with Crippen molar-refractivity contribution in [2.45, 2.75) is 19.4 Å². The van der Waals surface area contributed by atoms with Gasteiger partial charge in [-0.3, -0.25) is 14.4 Å². The smallest absolute Gasteiger partial charge is 0.303 e. The maximum absolute atomic E-state index is 12.6. The molecule has 1 aromatic carbocycles. The Morgan fingerprint density at radius 1 is 1.15 bits per heavy atom. The first-order valence-electron chi connectivity index (χ1n) is 6.61. The van der Waals surface area contributed by atoms with Gasteiger partial charge in [0.1, 0.15) is 6.10 Å². The fraction of sp³-hybridized carbons (Fsp3) is 0.312. The Balaban J connectivity index is 2.06. The molecular weight excluding hydrogens is 256 g/mol. The zero-order valence-electron chi connectivity index (χ0n) is 11.0. The summed E-state index contributed by atoms with van der Waals surface area (Å²) in [5.74, 6) is -1.61. The third-order valence-corrected chi connectivity index (χ3v) is 3.90. The number of rotatable bonds is 1. The minimum Gasteiger partial charge on any atom is -0.458 e. The number of benzene rings is 1. The molecule has 0 amide bonds. The highest BCUT2D eigenvalue weighted by molar-refractivity contribution is 6.16. The van der Waals surface area contributed by atoms with Crippen molar-refractivity contribution in [3.05, 3.63) is 47.5 Å². The summed E-state index contributed by atoms with van der Waals surface area (Å²) in [7, 11) is 0. The van der Waals surface area contributed by atoms with Gasteiger partial charge in [0.05, 0.1) is 5.92 Å². The Kier molecular flexibility index (Phi) is 3.01. The predicted molar refractivity (Wildman–Crippen MR) is 71.4 cm³/mol. The Hall–Kier alpha value is -2.23. The van der Waals surface area contributed by atoms with Crippen LogP contribution in [0.1, 0.15) is 34.1 Å². The van der Waals surface area contributed by atoms with Crippen LogP contribution in [0.25, 0.3) is 0 Å². The van der Waals surface area contributed by atoms with Gasteiger partial charge in [-0.25, -0.2) is 0 Å². The van der Waals surface area contributed by atoms with E-state index < -0.39 is 23.9 Å². The van der Waals surface area contributed by atoms with Gasteiger partial charge in [-0.15, -0.1) is 0 Å². The van der Waals surface area contributed by atoms with Crippen LogP contribution in [0.2, 0.25) is 0 Å². The SMILES string of the molecule is CC(=O)O[C@@H]1C=CC[C@@H]2C(=O)c3ccccc3C(=O)[C@@H]21. The molecule has 3 atom stereocenters. The van der Waals surface area contributed by atoms with Crippen LogP contribution in [-0.4, -0.2) is 23.6 Å². The minimum absolute atomic E-state index is 0.0355. The fourth-order valence-electron chi connectivity index (χ4n) is 3.05. The van der Waals surface area contributed by atoms with Crippen molar-refractivity contribution in [3.63, 3.8) is 0 Å². The molecule has 0 bridgehead atoms. The second-order valence-electron chi connectivity index (χ2n) is 5.14. The molecule has 4 nitrogen and oxygen atoms in total. The lowest BCUT2D eigenvalue weighted by molar-refractivity contribution is -0.146. The zero-order chi connectivity index (χ0) is 14.3. The molecule has 0 N–H and O–H groups in total. The van der Waals surface area contributed by atoms with Crippen molar-refractivity contribution in [2.75, 3.05) is 0 Å². The molecule has 0 unspecified atom stereocenters. The number of hydrogen-bond acceptors (Lipinski definition) is 4. The van der Waals surface area contributed by atoms with Gasteiger partial charge >= 0.3 is 5.97 Å². The van der Waals surface area contributed by atoms with E-state index in [4.69, 9.17) is 4.74 Å². The number of carbonyl (C=O) groups is 3. The highest BCUT2D eigenvalue weighted by Crippen LogP contribution is 2.38.